The van der Waals surface area contributed by atoms with Gasteiger partial charge in [-0.15, -0.1) is 0 Å². The molecule has 0 bridgehead atoms. The summed E-state index contributed by atoms with van der Waals surface area (Å²) in [6.07, 6.45) is 1.62. The zero-order chi connectivity index (χ0) is 18.3. The molecule has 0 aromatic heterocycles. The summed E-state index contributed by atoms with van der Waals surface area (Å²) in [5, 5.41) is 0.249. The van der Waals surface area contributed by atoms with Gasteiger partial charge >= 0.3 is 0 Å². The second kappa shape index (κ2) is 6.57. The highest BCUT2D eigenvalue weighted by molar-refractivity contribution is 7.90. The number of hydrogen-bond acceptors (Lipinski definition) is 5. The van der Waals surface area contributed by atoms with Crippen molar-refractivity contribution >= 4 is 31.5 Å². The van der Waals surface area contributed by atoms with Crippen LogP contribution in [0.25, 0.3) is 0 Å². The molecule has 24 heavy (non-hydrogen) atoms. The Hall–Kier alpha value is -0.670. The molecular formula is C15H23ClN2O4S2. The van der Waals surface area contributed by atoms with Crippen molar-refractivity contribution in [3.63, 3.8) is 0 Å². The van der Waals surface area contributed by atoms with Gasteiger partial charge in [-0.25, -0.2) is 16.8 Å². The number of piperidine rings is 1. The lowest BCUT2D eigenvalue weighted by atomic mass is 9.81. The predicted octanol–water partition coefficient (Wildman–Crippen LogP) is 1.63. The maximum absolute atomic E-state index is 13.1. The summed E-state index contributed by atoms with van der Waals surface area (Å²) < 4.78 is 50.8. The number of sulfone groups is 1. The van der Waals surface area contributed by atoms with E-state index in [1.54, 1.807) is 0 Å². The van der Waals surface area contributed by atoms with Gasteiger partial charge in [0.1, 0.15) is 0 Å². The van der Waals surface area contributed by atoms with E-state index in [-0.39, 0.29) is 39.2 Å². The number of nitrogens with zero attached hydrogens (tertiary/aromatic N) is 1. The summed E-state index contributed by atoms with van der Waals surface area (Å²) in [4.78, 5) is -0.0494. The zero-order valence-corrected chi connectivity index (χ0v) is 16.4. The smallest absolute Gasteiger partial charge is 0.243 e. The van der Waals surface area contributed by atoms with Crippen molar-refractivity contribution in [1.82, 2.24) is 4.31 Å². The summed E-state index contributed by atoms with van der Waals surface area (Å²) in [7, 11) is -7.23. The van der Waals surface area contributed by atoms with Gasteiger partial charge in [0, 0.05) is 30.4 Å². The molecule has 6 nitrogen and oxygen atoms in total. The Balaban J connectivity index is 2.48. The van der Waals surface area contributed by atoms with Crippen LogP contribution in [0, 0.1) is 5.41 Å². The third kappa shape index (κ3) is 4.29. The fourth-order valence-electron chi connectivity index (χ4n) is 2.84. The first-order valence-corrected chi connectivity index (χ1v) is 11.4. The lowest BCUT2D eigenvalue weighted by Gasteiger charge is -2.42. The van der Waals surface area contributed by atoms with Crippen LogP contribution in [-0.4, -0.2) is 46.5 Å². The highest BCUT2D eigenvalue weighted by Crippen LogP contribution is 2.33. The Bertz CT molecular complexity index is 835. The molecule has 1 unspecified atom stereocenters. The van der Waals surface area contributed by atoms with Crippen LogP contribution in [0.5, 0.6) is 0 Å². The quantitative estimate of drug-likeness (QED) is 0.836. The van der Waals surface area contributed by atoms with Gasteiger partial charge in [0.15, 0.2) is 9.84 Å². The number of halogens is 1. The lowest BCUT2D eigenvalue weighted by molar-refractivity contribution is 0.155. The molecule has 0 amide bonds. The number of sulfonamides is 1. The van der Waals surface area contributed by atoms with Gasteiger partial charge in [0.25, 0.3) is 0 Å². The molecule has 0 saturated carbocycles. The van der Waals surface area contributed by atoms with E-state index in [0.29, 0.717) is 13.0 Å². The maximum atomic E-state index is 13.1. The van der Waals surface area contributed by atoms with Crippen LogP contribution >= 0.6 is 11.6 Å². The molecule has 2 N–H and O–H groups in total. The average molecular weight is 395 g/mol. The fourth-order valence-corrected chi connectivity index (χ4v) is 5.86. The van der Waals surface area contributed by atoms with Crippen LogP contribution < -0.4 is 5.73 Å². The SMILES string of the molecule is CC1(C)CN(S(=O)(=O)c2cc(Cl)ccc2CS(C)(=O)=O)CCC1N. The van der Waals surface area contributed by atoms with Crippen LogP contribution in [0.1, 0.15) is 25.8 Å². The third-order valence-electron chi connectivity index (χ3n) is 4.34. The minimum Gasteiger partial charge on any atom is -0.327 e. The molecule has 9 heteroatoms. The average Bonchev–Trinajstić information content (AvgIpc) is 2.42. The van der Waals surface area contributed by atoms with E-state index in [0.717, 1.165) is 6.26 Å². The molecule has 1 aliphatic heterocycles. The maximum Gasteiger partial charge on any atom is 0.243 e. The molecule has 0 aliphatic carbocycles. The molecule has 1 fully saturated rings. The van der Waals surface area contributed by atoms with Crippen molar-refractivity contribution in [3.05, 3.63) is 28.8 Å². The summed E-state index contributed by atoms with van der Waals surface area (Å²) in [6, 6.07) is 4.19. The van der Waals surface area contributed by atoms with Crippen LogP contribution in [0.3, 0.4) is 0 Å². The van der Waals surface area contributed by atoms with Crippen molar-refractivity contribution in [1.29, 1.82) is 0 Å². The molecule has 1 aromatic carbocycles. The number of nitrogens with two attached hydrogens (primary N) is 1. The van der Waals surface area contributed by atoms with E-state index in [9.17, 15) is 16.8 Å². The molecule has 1 atom stereocenters. The van der Waals surface area contributed by atoms with E-state index in [1.165, 1.54) is 22.5 Å². The first-order chi connectivity index (χ1) is 10.8. The van der Waals surface area contributed by atoms with E-state index >= 15 is 0 Å². The van der Waals surface area contributed by atoms with E-state index in [1.807, 2.05) is 13.8 Å². The second-order valence-electron chi connectivity index (χ2n) is 7.04. The summed E-state index contributed by atoms with van der Waals surface area (Å²) in [6.45, 7) is 4.43. The third-order valence-corrected chi connectivity index (χ3v) is 7.34. The standard InChI is InChI=1S/C15H23ClN2O4S2/c1-15(2)10-18(7-6-14(15)17)24(21,22)13-8-12(16)5-4-11(13)9-23(3,19)20/h4-5,8,14H,6-7,9-10,17H2,1-3H3. The number of rotatable bonds is 4. The van der Waals surface area contributed by atoms with Gasteiger partial charge in [-0.3, -0.25) is 0 Å². The first-order valence-electron chi connectivity index (χ1n) is 7.55. The van der Waals surface area contributed by atoms with E-state index in [4.69, 9.17) is 17.3 Å². The minimum absolute atomic E-state index is 0.0494. The summed E-state index contributed by atoms with van der Waals surface area (Å²) in [5.74, 6) is -0.352. The Labute approximate surface area is 148 Å². The normalized spacial score (nSPS) is 22.5. The molecule has 0 spiro atoms. The van der Waals surface area contributed by atoms with Gasteiger partial charge < -0.3 is 5.73 Å². The van der Waals surface area contributed by atoms with Gasteiger partial charge in [0.2, 0.25) is 10.0 Å². The van der Waals surface area contributed by atoms with E-state index < -0.39 is 19.9 Å². The largest absolute Gasteiger partial charge is 0.327 e. The molecule has 1 aliphatic rings. The topological polar surface area (TPSA) is 97.5 Å². The lowest BCUT2D eigenvalue weighted by Crippen LogP contribution is -2.53. The molecular weight excluding hydrogens is 372 g/mol. The second-order valence-corrected chi connectivity index (χ2v) is 11.5. The van der Waals surface area contributed by atoms with Gasteiger partial charge in [-0.1, -0.05) is 31.5 Å². The van der Waals surface area contributed by atoms with Crippen LogP contribution in [0.4, 0.5) is 0 Å². The van der Waals surface area contributed by atoms with Crippen molar-refractivity contribution < 1.29 is 16.8 Å². The Morgan fingerprint density at radius 3 is 2.46 bits per heavy atom. The van der Waals surface area contributed by atoms with Crippen molar-refractivity contribution in [2.75, 3.05) is 19.3 Å². The van der Waals surface area contributed by atoms with Gasteiger partial charge in [-0.2, -0.15) is 4.31 Å². The minimum atomic E-state index is -3.85. The Morgan fingerprint density at radius 1 is 1.29 bits per heavy atom. The van der Waals surface area contributed by atoms with Crippen LogP contribution in [0.2, 0.25) is 5.02 Å². The zero-order valence-electron chi connectivity index (χ0n) is 14.0. The Kier molecular flexibility index (Phi) is 5.38. The fraction of sp³-hybridized carbons (Fsp3) is 0.600. The highest BCUT2D eigenvalue weighted by Gasteiger charge is 2.39. The Morgan fingerprint density at radius 2 is 1.92 bits per heavy atom. The molecule has 136 valence electrons. The molecule has 1 aromatic rings. The molecule has 0 radical (unpaired) electrons. The van der Waals surface area contributed by atoms with Gasteiger partial charge in [-0.05, 0) is 29.5 Å². The van der Waals surface area contributed by atoms with Crippen molar-refractivity contribution in [2.24, 2.45) is 11.1 Å². The molecule has 2 rings (SSSR count). The number of hydrogen-bond donors (Lipinski definition) is 1. The van der Waals surface area contributed by atoms with Crippen molar-refractivity contribution in [2.45, 2.75) is 37.0 Å². The molecule has 1 heterocycles. The van der Waals surface area contributed by atoms with E-state index in [2.05, 4.69) is 0 Å². The number of benzene rings is 1. The molecule has 1 saturated heterocycles. The first kappa shape index (κ1) is 19.7. The van der Waals surface area contributed by atoms with Crippen LogP contribution in [0.15, 0.2) is 23.1 Å². The monoisotopic (exact) mass is 394 g/mol. The highest BCUT2D eigenvalue weighted by atomic mass is 35.5. The van der Waals surface area contributed by atoms with Crippen molar-refractivity contribution in [3.8, 4) is 0 Å². The predicted molar refractivity (Wildman–Crippen MR) is 95.1 cm³/mol. The van der Waals surface area contributed by atoms with Crippen LogP contribution in [-0.2, 0) is 25.6 Å². The summed E-state index contributed by atoms with van der Waals surface area (Å²) in [5.41, 5.74) is 5.94. The van der Waals surface area contributed by atoms with Gasteiger partial charge in [0.05, 0.1) is 10.6 Å². The summed E-state index contributed by atoms with van der Waals surface area (Å²) >= 11 is 5.96.